The summed E-state index contributed by atoms with van der Waals surface area (Å²) in [6.45, 7) is 5.46. The fourth-order valence-electron chi connectivity index (χ4n) is 4.63. The average molecular weight is 427 g/mol. The quantitative estimate of drug-likeness (QED) is 0.746. The Morgan fingerprint density at radius 3 is 2.43 bits per heavy atom. The van der Waals surface area contributed by atoms with Gasteiger partial charge in [0.1, 0.15) is 6.54 Å². The Labute approximate surface area is 183 Å². The molecule has 0 radical (unpaired) electrons. The summed E-state index contributed by atoms with van der Waals surface area (Å²) < 4.78 is 0. The number of hydrogen-bond donors (Lipinski definition) is 2. The van der Waals surface area contributed by atoms with Crippen molar-refractivity contribution < 1.29 is 14.5 Å². The van der Waals surface area contributed by atoms with E-state index in [1.165, 1.54) is 54.8 Å². The van der Waals surface area contributed by atoms with Crippen molar-refractivity contribution in [2.45, 2.75) is 45.2 Å². The monoisotopic (exact) mass is 426 g/mol. The van der Waals surface area contributed by atoms with Gasteiger partial charge in [-0.3, -0.25) is 9.59 Å². The highest BCUT2D eigenvalue weighted by Crippen LogP contribution is 2.21. The lowest BCUT2D eigenvalue weighted by Crippen LogP contribution is -3.11. The van der Waals surface area contributed by atoms with Gasteiger partial charge in [-0.25, -0.2) is 0 Å². The van der Waals surface area contributed by atoms with Crippen molar-refractivity contribution in [1.29, 1.82) is 0 Å². The number of quaternary nitrogens is 1. The zero-order valence-corrected chi connectivity index (χ0v) is 18.4. The molecule has 5 nitrogen and oxygen atoms in total. The summed E-state index contributed by atoms with van der Waals surface area (Å²) in [5.41, 5.74) is 2.58. The van der Waals surface area contributed by atoms with Crippen LogP contribution in [0.5, 0.6) is 0 Å². The number of carbonyl (C=O) groups excluding carboxylic acids is 2. The molecule has 30 heavy (non-hydrogen) atoms. The fourth-order valence-corrected chi connectivity index (χ4v) is 5.32. The van der Waals surface area contributed by atoms with Gasteiger partial charge in [-0.15, -0.1) is 11.3 Å². The Morgan fingerprint density at radius 2 is 1.73 bits per heavy atom. The van der Waals surface area contributed by atoms with E-state index in [0.29, 0.717) is 19.6 Å². The van der Waals surface area contributed by atoms with Crippen molar-refractivity contribution in [3.05, 3.63) is 57.8 Å². The van der Waals surface area contributed by atoms with Gasteiger partial charge in [0.15, 0.2) is 0 Å². The maximum absolute atomic E-state index is 12.8. The van der Waals surface area contributed by atoms with Gasteiger partial charge in [-0.05, 0) is 49.1 Å². The Morgan fingerprint density at radius 1 is 1.00 bits per heavy atom. The van der Waals surface area contributed by atoms with Crippen LogP contribution >= 0.6 is 11.3 Å². The topological polar surface area (TPSA) is 53.9 Å². The number of likely N-dealkylation sites (tertiary alicyclic amines) is 2. The molecule has 2 aliphatic rings. The third kappa shape index (κ3) is 5.29. The molecule has 4 rings (SSSR count). The van der Waals surface area contributed by atoms with Gasteiger partial charge in [0, 0.05) is 31.1 Å². The summed E-state index contributed by atoms with van der Waals surface area (Å²) in [4.78, 5) is 29.6. The van der Waals surface area contributed by atoms with Crippen LogP contribution in [0.3, 0.4) is 0 Å². The van der Waals surface area contributed by atoms with E-state index in [-0.39, 0.29) is 17.7 Å². The fraction of sp³-hybridized carbons (Fsp3) is 0.500. The van der Waals surface area contributed by atoms with Crippen LogP contribution in [0.4, 0.5) is 0 Å². The van der Waals surface area contributed by atoms with Crippen LogP contribution < -0.4 is 10.2 Å². The minimum atomic E-state index is -0.00253. The van der Waals surface area contributed by atoms with Crippen LogP contribution in [0.1, 0.15) is 52.9 Å². The Kier molecular flexibility index (Phi) is 7.18. The summed E-state index contributed by atoms with van der Waals surface area (Å²) in [5, 5.41) is 5.10. The normalized spacial score (nSPS) is 18.3. The summed E-state index contributed by atoms with van der Waals surface area (Å²) in [6, 6.07) is 12.3. The zero-order valence-electron chi connectivity index (χ0n) is 17.6. The summed E-state index contributed by atoms with van der Waals surface area (Å²) in [5.74, 6) is 0.216. The first-order valence-corrected chi connectivity index (χ1v) is 12.1. The van der Waals surface area contributed by atoms with Crippen molar-refractivity contribution in [2.75, 3.05) is 26.2 Å². The third-order valence-corrected chi connectivity index (χ3v) is 7.32. The number of benzene rings is 1. The second-order valence-corrected chi connectivity index (χ2v) is 9.47. The first-order chi connectivity index (χ1) is 14.7. The van der Waals surface area contributed by atoms with Crippen molar-refractivity contribution in [2.24, 2.45) is 5.92 Å². The molecule has 0 spiro atoms. The van der Waals surface area contributed by atoms with E-state index >= 15 is 0 Å². The van der Waals surface area contributed by atoms with Gasteiger partial charge < -0.3 is 15.1 Å². The van der Waals surface area contributed by atoms with E-state index < -0.39 is 0 Å². The largest absolute Gasteiger partial charge is 0.352 e. The van der Waals surface area contributed by atoms with Crippen LogP contribution in [0, 0.1) is 5.92 Å². The highest BCUT2D eigenvalue weighted by molar-refractivity contribution is 7.12. The molecule has 2 amide bonds. The molecule has 2 N–H and O–H groups in total. The molecule has 1 aromatic carbocycles. The lowest BCUT2D eigenvalue weighted by molar-refractivity contribution is -0.918. The molecule has 0 atom stereocenters. The lowest BCUT2D eigenvalue weighted by atomic mass is 9.95. The summed E-state index contributed by atoms with van der Waals surface area (Å²) in [7, 11) is 0. The first-order valence-electron chi connectivity index (χ1n) is 11.2. The van der Waals surface area contributed by atoms with Crippen LogP contribution in [0.25, 0.3) is 0 Å². The molecule has 3 heterocycles. The number of hydrogen-bond acceptors (Lipinski definition) is 3. The van der Waals surface area contributed by atoms with Crippen LogP contribution in [0.15, 0.2) is 41.8 Å². The minimum absolute atomic E-state index is 0.00253. The van der Waals surface area contributed by atoms with E-state index in [1.54, 1.807) is 4.90 Å². The lowest BCUT2D eigenvalue weighted by Gasteiger charge is -2.31. The molecule has 160 valence electrons. The van der Waals surface area contributed by atoms with Gasteiger partial charge in [0.2, 0.25) is 5.91 Å². The van der Waals surface area contributed by atoms with Crippen LogP contribution in [-0.2, 0) is 17.9 Å². The third-order valence-electron chi connectivity index (χ3n) is 6.46. The number of thiophene rings is 1. The molecule has 2 saturated heterocycles. The number of nitrogens with one attached hydrogen (secondary N) is 2. The predicted octanol–water partition coefficient (Wildman–Crippen LogP) is 2.49. The summed E-state index contributed by atoms with van der Waals surface area (Å²) >= 11 is 1.48. The van der Waals surface area contributed by atoms with Gasteiger partial charge in [0.25, 0.3) is 5.91 Å². The van der Waals surface area contributed by atoms with Gasteiger partial charge in [0.05, 0.1) is 18.0 Å². The number of carbonyl (C=O) groups is 2. The van der Waals surface area contributed by atoms with E-state index in [1.807, 2.05) is 22.4 Å². The zero-order chi connectivity index (χ0) is 20.8. The molecule has 1 aromatic heterocycles. The molecule has 0 aliphatic carbocycles. The molecule has 2 fully saturated rings. The van der Waals surface area contributed by atoms with Crippen LogP contribution in [0.2, 0.25) is 0 Å². The number of nitrogens with zero attached hydrogens (tertiary/aromatic N) is 1. The highest BCUT2D eigenvalue weighted by Gasteiger charge is 2.28. The van der Waals surface area contributed by atoms with E-state index in [9.17, 15) is 9.59 Å². The van der Waals surface area contributed by atoms with Crippen molar-refractivity contribution in [3.63, 3.8) is 0 Å². The van der Waals surface area contributed by atoms with Crippen molar-refractivity contribution in [3.8, 4) is 0 Å². The van der Waals surface area contributed by atoms with Gasteiger partial charge >= 0.3 is 0 Å². The Hall–Kier alpha value is -2.18. The Bertz CT molecular complexity index is 838. The van der Waals surface area contributed by atoms with E-state index in [2.05, 4.69) is 29.6 Å². The minimum Gasteiger partial charge on any atom is -0.352 e. The smallest absolute Gasteiger partial charge is 0.263 e. The first kappa shape index (κ1) is 21.1. The predicted molar refractivity (Wildman–Crippen MR) is 119 cm³/mol. The number of rotatable bonds is 6. The van der Waals surface area contributed by atoms with E-state index in [0.717, 1.165) is 24.3 Å². The molecule has 2 aliphatic heterocycles. The highest BCUT2D eigenvalue weighted by atomic mass is 32.1. The number of piperidine rings is 2. The molecule has 0 bridgehead atoms. The van der Waals surface area contributed by atoms with Crippen molar-refractivity contribution >= 4 is 23.2 Å². The maximum atomic E-state index is 12.8. The van der Waals surface area contributed by atoms with Crippen molar-refractivity contribution in [1.82, 2.24) is 10.2 Å². The second-order valence-electron chi connectivity index (χ2n) is 8.52. The molecular formula is C24H32N3O2S+. The van der Waals surface area contributed by atoms with Crippen LogP contribution in [-0.4, -0.2) is 42.9 Å². The molecule has 6 heteroatoms. The average Bonchev–Trinajstić information content (AvgIpc) is 3.34. The molecule has 0 saturated carbocycles. The molecule has 0 unspecified atom stereocenters. The maximum Gasteiger partial charge on any atom is 0.263 e. The van der Waals surface area contributed by atoms with Gasteiger partial charge in [-0.2, -0.15) is 0 Å². The van der Waals surface area contributed by atoms with Gasteiger partial charge in [-0.1, -0.05) is 30.3 Å². The Balaban J connectivity index is 1.27. The SMILES string of the molecule is O=C(NCc1ccccc1C[NH+]1CCCCC1)C1CCN(C(=O)c2cccs2)CC1. The standard InChI is InChI=1S/C24H31N3O2S/c28-23(19-10-14-27(15-11-19)24(29)22-9-6-16-30-22)25-17-20-7-2-3-8-21(20)18-26-12-4-1-5-13-26/h2-3,6-9,16,19H,1,4-5,10-15,17-18H2,(H,25,28)/p+1. The molecule has 2 aromatic rings. The second kappa shape index (κ2) is 10.2. The molecular weight excluding hydrogens is 394 g/mol. The van der Waals surface area contributed by atoms with E-state index in [4.69, 9.17) is 0 Å². The number of amides is 2. The summed E-state index contributed by atoms with van der Waals surface area (Å²) in [6.07, 6.45) is 5.48.